The van der Waals surface area contributed by atoms with E-state index in [0.29, 0.717) is 0 Å². The number of aromatic nitrogens is 2. The van der Waals surface area contributed by atoms with E-state index in [2.05, 4.69) is 69.9 Å². The van der Waals surface area contributed by atoms with E-state index in [-0.39, 0.29) is 0 Å². The fourth-order valence-electron chi connectivity index (χ4n) is 1.18. The SMILES string of the molecule is Brc1ccc(SCc2nc(Br)cc(Br)n2)cc1. The Morgan fingerprint density at radius 2 is 1.53 bits per heavy atom. The Balaban J connectivity index is 2.04. The van der Waals surface area contributed by atoms with Crippen molar-refractivity contribution in [3.8, 4) is 0 Å². The van der Waals surface area contributed by atoms with Crippen LogP contribution in [0, 0.1) is 0 Å². The molecule has 0 fully saturated rings. The average Bonchev–Trinajstić information content (AvgIpc) is 2.27. The van der Waals surface area contributed by atoms with E-state index >= 15 is 0 Å². The molecule has 2 rings (SSSR count). The van der Waals surface area contributed by atoms with Gasteiger partial charge in [-0.3, -0.25) is 0 Å². The number of hydrogen-bond acceptors (Lipinski definition) is 3. The second-order valence-corrected chi connectivity index (χ2v) is 6.76. The van der Waals surface area contributed by atoms with Crippen LogP contribution in [-0.4, -0.2) is 9.97 Å². The highest BCUT2D eigenvalue weighted by Gasteiger charge is 2.02. The van der Waals surface area contributed by atoms with E-state index in [0.717, 1.165) is 25.3 Å². The zero-order chi connectivity index (χ0) is 12.3. The number of nitrogens with zero attached hydrogens (tertiary/aromatic N) is 2. The maximum absolute atomic E-state index is 4.31. The molecule has 0 atom stereocenters. The minimum absolute atomic E-state index is 0.750. The molecule has 0 aliphatic heterocycles. The Hall–Kier alpha value is 0.0900. The van der Waals surface area contributed by atoms with Gasteiger partial charge in [0.05, 0.1) is 5.75 Å². The normalized spacial score (nSPS) is 10.5. The van der Waals surface area contributed by atoms with Gasteiger partial charge in [-0.1, -0.05) is 15.9 Å². The van der Waals surface area contributed by atoms with Crippen LogP contribution in [0.1, 0.15) is 5.82 Å². The van der Waals surface area contributed by atoms with Gasteiger partial charge in [0, 0.05) is 15.4 Å². The van der Waals surface area contributed by atoms with Crippen LogP contribution >= 0.6 is 59.6 Å². The second-order valence-electron chi connectivity index (χ2n) is 3.17. The summed E-state index contributed by atoms with van der Waals surface area (Å²) in [6, 6.07) is 10.0. The van der Waals surface area contributed by atoms with E-state index in [9.17, 15) is 0 Å². The summed E-state index contributed by atoms with van der Waals surface area (Å²) in [6.45, 7) is 0. The van der Waals surface area contributed by atoms with Gasteiger partial charge in [-0.15, -0.1) is 11.8 Å². The Labute approximate surface area is 129 Å². The first kappa shape index (κ1) is 13.5. The average molecular weight is 439 g/mol. The van der Waals surface area contributed by atoms with Gasteiger partial charge in [-0.2, -0.15) is 0 Å². The maximum Gasteiger partial charge on any atom is 0.141 e. The van der Waals surface area contributed by atoms with Crippen molar-refractivity contribution in [1.82, 2.24) is 9.97 Å². The molecular formula is C11H7Br3N2S. The summed E-state index contributed by atoms with van der Waals surface area (Å²) in [5.41, 5.74) is 0. The van der Waals surface area contributed by atoms with Crippen molar-refractivity contribution in [1.29, 1.82) is 0 Å². The maximum atomic E-state index is 4.31. The molecule has 2 aromatic rings. The molecule has 0 saturated heterocycles. The van der Waals surface area contributed by atoms with E-state index < -0.39 is 0 Å². The van der Waals surface area contributed by atoms with Gasteiger partial charge in [-0.05, 0) is 56.1 Å². The standard InChI is InChI=1S/C11H7Br3N2S/c12-7-1-3-8(4-2-7)17-6-11-15-9(13)5-10(14)16-11/h1-5H,6H2. The topological polar surface area (TPSA) is 25.8 Å². The molecule has 0 saturated carbocycles. The highest BCUT2D eigenvalue weighted by atomic mass is 79.9. The van der Waals surface area contributed by atoms with Gasteiger partial charge in [0.25, 0.3) is 0 Å². The lowest BCUT2D eigenvalue weighted by Gasteiger charge is -2.02. The lowest BCUT2D eigenvalue weighted by Crippen LogP contribution is -1.93. The monoisotopic (exact) mass is 436 g/mol. The molecule has 0 spiro atoms. The molecule has 0 N–H and O–H groups in total. The molecule has 6 heteroatoms. The Kier molecular flexibility index (Phi) is 5.02. The summed E-state index contributed by atoms with van der Waals surface area (Å²) >= 11 is 11.8. The van der Waals surface area contributed by atoms with E-state index in [1.165, 1.54) is 4.90 Å². The van der Waals surface area contributed by atoms with Crippen molar-refractivity contribution in [2.24, 2.45) is 0 Å². The van der Waals surface area contributed by atoms with Crippen LogP contribution < -0.4 is 0 Å². The molecule has 0 bridgehead atoms. The van der Waals surface area contributed by atoms with Gasteiger partial charge < -0.3 is 0 Å². The first-order valence-corrected chi connectivity index (χ1v) is 8.07. The third kappa shape index (κ3) is 4.35. The zero-order valence-corrected chi connectivity index (χ0v) is 14.1. The van der Waals surface area contributed by atoms with Gasteiger partial charge in [0.1, 0.15) is 15.0 Å². The summed E-state index contributed by atoms with van der Waals surface area (Å²) in [5.74, 6) is 1.55. The summed E-state index contributed by atoms with van der Waals surface area (Å²) in [5, 5.41) is 0. The molecule has 0 aliphatic rings. The third-order valence-corrected chi connectivity index (χ3v) is 4.24. The van der Waals surface area contributed by atoms with Crippen LogP contribution in [0.15, 0.2) is 48.9 Å². The fourth-order valence-corrected chi connectivity index (χ4v) is 3.35. The molecular weight excluding hydrogens is 432 g/mol. The summed E-state index contributed by atoms with van der Waals surface area (Å²) in [4.78, 5) is 9.83. The number of rotatable bonds is 3. The van der Waals surface area contributed by atoms with E-state index in [4.69, 9.17) is 0 Å². The van der Waals surface area contributed by atoms with Crippen molar-refractivity contribution in [3.05, 3.63) is 49.8 Å². The highest BCUT2D eigenvalue weighted by molar-refractivity contribution is 9.11. The van der Waals surface area contributed by atoms with Gasteiger partial charge in [0.2, 0.25) is 0 Å². The van der Waals surface area contributed by atoms with Crippen molar-refractivity contribution < 1.29 is 0 Å². The molecule has 0 amide bonds. The van der Waals surface area contributed by atoms with Crippen LogP contribution in [-0.2, 0) is 5.75 Å². The Bertz CT molecular complexity index is 496. The quantitative estimate of drug-likeness (QED) is 0.495. The van der Waals surface area contributed by atoms with Crippen LogP contribution in [0.3, 0.4) is 0 Å². The second kappa shape index (κ2) is 6.31. The van der Waals surface area contributed by atoms with E-state index in [1.807, 2.05) is 18.2 Å². The van der Waals surface area contributed by atoms with Gasteiger partial charge in [-0.25, -0.2) is 9.97 Å². The summed E-state index contributed by atoms with van der Waals surface area (Å²) in [7, 11) is 0. The number of halogens is 3. The summed E-state index contributed by atoms with van der Waals surface area (Å²) in [6.07, 6.45) is 0. The zero-order valence-electron chi connectivity index (χ0n) is 8.53. The van der Waals surface area contributed by atoms with Crippen molar-refractivity contribution in [3.63, 3.8) is 0 Å². The predicted molar refractivity (Wildman–Crippen MR) is 81.1 cm³/mol. The molecule has 88 valence electrons. The first-order chi connectivity index (χ1) is 8.13. The van der Waals surface area contributed by atoms with Gasteiger partial charge in [0.15, 0.2) is 0 Å². The van der Waals surface area contributed by atoms with Crippen molar-refractivity contribution >= 4 is 59.6 Å². The third-order valence-electron chi connectivity index (χ3n) is 1.89. The predicted octanol–water partition coefficient (Wildman–Crippen LogP) is 5.06. The number of hydrogen-bond donors (Lipinski definition) is 0. The Morgan fingerprint density at radius 3 is 2.12 bits per heavy atom. The smallest absolute Gasteiger partial charge is 0.141 e. The molecule has 0 aliphatic carbocycles. The minimum Gasteiger partial charge on any atom is -0.225 e. The van der Waals surface area contributed by atoms with Crippen molar-refractivity contribution in [2.75, 3.05) is 0 Å². The first-order valence-electron chi connectivity index (χ1n) is 4.71. The van der Waals surface area contributed by atoms with E-state index in [1.54, 1.807) is 11.8 Å². The number of thioether (sulfide) groups is 1. The summed E-state index contributed by atoms with van der Waals surface area (Å²) < 4.78 is 2.68. The lowest BCUT2D eigenvalue weighted by molar-refractivity contribution is 0.996. The molecule has 2 nitrogen and oxygen atoms in total. The molecule has 17 heavy (non-hydrogen) atoms. The molecule has 1 aromatic carbocycles. The van der Waals surface area contributed by atoms with Crippen molar-refractivity contribution in [2.45, 2.75) is 10.6 Å². The van der Waals surface area contributed by atoms with Crippen LogP contribution in [0.5, 0.6) is 0 Å². The molecule has 0 unspecified atom stereocenters. The largest absolute Gasteiger partial charge is 0.225 e. The minimum atomic E-state index is 0.750. The lowest BCUT2D eigenvalue weighted by atomic mass is 10.4. The van der Waals surface area contributed by atoms with Crippen LogP contribution in [0.2, 0.25) is 0 Å². The Morgan fingerprint density at radius 1 is 0.941 bits per heavy atom. The van der Waals surface area contributed by atoms with Gasteiger partial charge >= 0.3 is 0 Å². The number of benzene rings is 1. The highest BCUT2D eigenvalue weighted by Crippen LogP contribution is 2.24. The molecule has 1 heterocycles. The van der Waals surface area contributed by atoms with Crippen LogP contribution in [0.25, 0.3) is 0 Å². The van der Waals surface area contributed by atoms with Crippen LogP contribution in [0.4, 0.5) is 0 Å². The molecule has 0 radical (unpaired) electrons. The fraction of sp³-hybridized carbons (Fsp3) is 0.0909. The molecule has 1 aromatic heterocycles.